The van der Waals surface area contributed by atoms with Crippen LogP contribution in [0, 0.1) is 10.1 Å². The Kier molecular flexibility index (Phi) is 7.49. The third-order valence-corrected chi connectivity index (χ3v) is 4.16. The first-order valence-corrected chi connectivity index (χ1v) is 8.55. The fraction of sp³-hybridized carbons (Fsp3) is 0. The number of ketones is 1. The first-order chi connectivity index (χ1) is 13.5. The summed E-state index contributed by atoms with van der Waals surface area (Å²) in [6.07, 6.45) is 0. The van der Waals surface area contributed by atoms with Gasteiger partial charge in [0.05, 0.1) is 4.92 Å². The molecule has 0 spiro atoms. The number of benzene rings is 1. The van der Waals surface area contributed by atoms with Crippen LogP contribution in [0.4, 0.5) is 5.69 Å². The Morgan fingerprint density at radius 2 is 1.83 bits per heavy atom. The molecule has 2 N–H and O–H groups in total. The number of non-ortho nitro benzene ring substituents is 1. The van der Waals surface area contributed by atoms with Crippen LogP contribution >= 0.6 is 12.6 Å². The summed E-state index contributed by atoms with van der Waals surface area (Å²) < 4.78 is 1.10. The van der Waals surface area contributed by atoms with Gasteiger partial charge in [-0.25, -0.2) is 16.8 Å². The van der Waals surface area contributed by atoms with Crippen molar-refractivity contribution in [1.82, 2.24) is 14.9 Å². The Morgan fingerprint density at radius 1 is 1.17 bits per heavy atom. The van der Waals surface area contributed by atoms with E-state index in [1.807, 2.05) is 30.3 Å². The van der Waals surface area contributed by atoms with E-state index < -0.39 is 4.92 Å². The molecular formula is C19H15FeN5O3S. The monoisotopic (exact) mass is 449 g/mol. The summed E-state index contributed by atoms with van der Waals surface area (Å²) in [7, 11) is 0. The molecule has 0 atom stereocenters. The molecule has 4 aromatic rings. The Hall–Kier alpha value is -3.20. The van der Waals surface area contributed by atoms with Crippen molar-refractivity contribution in [3.05, 3.63) is 94.0 Å². The van der Waals surface area contributed by atoms with E-state index in [0.29, 0.717) is 11.1 Å². The molecule has 0 saturated heterocycles. The predicted molar refractivity (Wildman–Crippen MR) is 107 cm³/mol. The number of rotatable bonds is 4. The van der Waals surface area contributed by atoms with Crippen LogP contribution in [-0.2, 0) is 17.1 Å². The normalized spacial score (nSPS) is 9.83. The Labute approximate surface area is 182 Å². The van der Waals surface area contributed by atoms with Crippen LogP contribution < -0.4 is 5.84 Å². The molecule has 0 aliphatic carbocycles. The van der Waals surface area contributed by atoms with Crippen molar-refractivity contribution in [2.24, 2.45) is 0 Å². The van der Waals surface area contributed by atoms with Crippen LogP contribution in [0.2, 0.25) is 0 Å². The number of hydrogen-bond acceptors (Lipinski definition) is 7. The maximum absolute atomic E-state index is 12.7. The predicted octanol–water partition coefficient (Wildman–Crippen LogP) is 3.21. The fourth-order valence-corrected chi connectivity index (χ4v) is 2.64. The van der Waals surface area contributed by atoms with Gasteiger partial charge < -0.3 is 10.6 Å². The number of carbonyl (C=O) groups is 1. The third-order valence-electron chi connectivity index (χ3n) is 3.86. The first-order valence-electron chi connectivity index (χ1n) is 8.10. The van der Waals surface area contributed by atoms with Crippen LogP contribution in [0.1, 0.15) is 15.9 Å². The van der Waals surface area contributed by atoms with Crippen molar-refractivity contribution in [3.63, 3.8) is 0 Å². The maximum Gasteiger partial charge on any atom is 2.00 e. The van der Waals surface area contributed by atoms with Gasteiger partial charge in [-0.2, -0.15) is 30.3 Å². The molecule has 0 bridgehead atoms. The Bertz CT molecular complexity index is 1070. The topological polar surface area (TPSA) is 117 Å². The second-order valence-electron chi connectivity index (χ2n) is 5.65. The number of nitro groups is 1. The molecular weight excluding hydrogens is 434 g/mol. The van der Waals surface area contributed by atoms with Gasteiger partial charge in [-0.15, -0.1) is 35.0 Å². The molecule has 10 heteroatoms. The molecule has 29 heavy (non-hydrogen) atoms. The Morgan fingerprint density at radius 3 is 2.31 bits per heavy atom. The number of hydrogen-bond donors (Lipinski definition) is 2. The molecule has 0 aliphatic heterocycles. The van der Waals surface area contributed by atoms with E-state index >= 15 is 0 Å². The van der Waals surface area contributed by atoms with Gasteiger partial charge in [0.2, 0.25) is 5.16 Å². The van der Waals surface area contributed by atoms with Crippen molar-refractivity contribution < 1.29 is 26.8 Å². The zero-order chi connectivity index (χ0) is 20.1. The quantitative estimate of drug-likeness (QED) is 0.0940. The minimum Gasteiger partial charge on any atom is -0.335 e. The van der Waals surface area contributed by atoms with E-state index in [2.05, 4.69) is 22.8 Å². The number of nitrogens with zero attached hydrogens (tertiary/aromatic N) is 4. The minimum absolute atomic E-state index is 0. The van der Waals surface area contributed by atoms with Crippen LogP contribution in [-0.4, -0.2) is 25.6 Å². The summed E-state index contributed by atoms with van der Waals surface area (Å²) in [6.45, 7) is 0. The average Bonchev–Trinajstić information content (AvgIpc) is 3.47. The van der Waals surface area contributed by atoms with E-state index in [0.717, 1.165) is 4.68 Å². The molecule has 1 aromatic heterocycles. The molecule has 0 radical (unpaired) electrons. The molecule has 3 aromatic carbocycles. The summed E-state index contributed by atoms with van der Waals surface area (Å²) in [4.78, 5) is 23.1. The van der Waals surface area contributed by atoms with Gasteiger partial charge in [-0.05, 0) is 17.2 Å². The molecule has 0 aliphatic rings. The fourth-order valence-electron chi connectivity index (χ4n) is 2.50. The van der Waals surface area contributed by atoms with Gasteiger partial charge in [-0.1, -0.05) is 11.6 Å². The molecule has 4 rings (SSSR count). The largest absolute Gasteiger partial charge is 2.00 e. The molecule has 8 nitrogen and oxygen atoms in total. The summed E-state index contributed by atoms with van der Waals surface area (Å²) in [5.41, 5.74) is 0.689. The van der Waals surface area contributed by atoms with E-state index in [4.69, 9.17) is 5.84 Å². The molecule has 0 saturated carbocycles. The van der Waals surface area contributed by atoms with Gasteiger partial charge in [0.15, 0.2) is 5.82 Å². The number of aromatic nitrogens is 3. The van der Waals surface area contributed by atoms with Crippen molar-refractivity contribution in [2.75, 3.05) is 5.84 Å². The smallest absolute Gasteiger partial charge is 0.335 e. The van der Waals surface area contributed by atoms with Gasteiger partial charge in [0.25, 0.3) is 5.69 Å². The summed E-state index contributed by atoms with van der Waals surface area (Å²) in [6, 6.07) is 20.6. The summed E-state index contributed by atoms with van der Waals surface area (Å²) in [5, 5.41) is 18.8. The zero-order valence-electron chi connectivity index (χ0n) is 14.8. The number of carbonyl (C=O) groups excluding carboxylic acids is 1. The SMILES string of the molecule is Nn1c(S)nnc1-c1ccc([N+](=O)[O-])cc1C(=O)[c-]1cccc1.[Fe+2].c1cc[cH-]c1. The van der Waals surface area contributed by atoms with Crippen molar-refractivity contribution in [1.29, 1.82) is 0 Å². The average molecular weight is 449 g/mol. The number of nitrogen functional groups attached to an aromatic ring is 1. The Balaban J connectivity index is 0.000000437. The van der Waals surface area contributed by atoms with Gasteiger partial charge in [0, 0.05) is 6.07 Å². The number of nitro benzene ring substituents is 1. The van der Waals surface area contributed by atoms with Gasteiger partial charge in [-0.3, -0.25) is 10.1 Å². The van der Waals surface area contributed by atoms with Crippen LogP contribution in [0.3, 0.4) is 0 Å². The van der Waals surface area contributed by atoms with Crippen molar-refractivity contribution in [2.45, 2.75) is 5.16 Å². The summed E-state index contributed by atoms with van der Waals surface area (Å²) in [5.74, 6) is 5.62. The van der Waals surface area contributed by atoms with E-state index in [9.17, 15) is 14.9 Å². The zero-order valence-corrected chi connectivity index (χ0v) is 16.8. The van der Waals surface area contributed by atoms with Crippen LogP contribution in [0.25, 0.3) is 11.4 Å². The minimum atomic E-state index is -0.567. The van der Waals surface area contributed by atoms with Crippen LogP contribution in [0.15, 0.2) is 78.0 Å². The van der Waals surface area contributed by atoms with Gasteiger partial charge in [0.1, 0.15) is 5.78 Å². The second-order valence-corrected chi connectivity index (χ2v) is 6.05. The number of nitrogens with two attached hydrogens (primary N) is 1. The maximum atomic E-state index is 12.7. The third kappa shape index (κ3) is 5.00. The molecule has 0 amide bonds. The van der Waals surface area contributed by atoms with E-state index in [1.54, 1.807) is 24.3 Å². The van der Waals surface area contributed by atoms with Gasteiger partial charge >= 0.3 is 17.1 Å². The summed E-state index contributed by atoms with van der Waals surface area (Å²) >= 11 is 4.04. The number of thiol groups is 1. The first kappa shape index (κ1) is 22.1. The van der Waals surface area contributed by atoms with Crippen molar-refractivity contribution in [3.8, 4) is 11.4 Å². The second kappa shape index (κ2) is 9.83. The van der Waals surface area contributed by atoms with Crippen molar-refractivity contribution >= 4 is 24.1 Å². The van der Waals surface area contributed by atoms with Crippen LogP contribution in [0.5, 0.6) is 0 Å². The van der Waals surface area contributed by atoms with E-state index in [1.165, 1.54) is 18.2 Å². The van der Waals surface area contributed by atoms with E-state index in [-0.39, 0.29) is 45.1 Å². The standard InChI is InChI=1S/C14H10N5O3S.C5H5.Fe/c15-18-13(16-17-14(18)23)10-6-5-9(19(21)22)7-11(10)12(20)8-3-1-2-4-8;1-2-4-5-3-1;/h1-7H,15H2,(H,17,23);1-5H;/q2*-1;+2. The molecule has 0 fully saturated rings. The molecule has 0 unspecified atom stereocenters. The molecule has 148 valence electrons. The molecule has 1 heterocycles.